The highest BCUT2D eigenvalue weighted by atomic mass is 16.5. The summed E-state index contributed by atoms with van der Waals surface area (Å²) in [5.41, 5.74) is 5.28. The molecule has 0 unspecified atom stereocenters. The fraction of sp³-hybridized carbons (Fsp3) is 0.238. The van der Waals surface area contributed by atoms with Crippen molar-refractivity contribution in [3.05, 3.63) is 65.4 Å². The van der Waals surface area contributed by atoms with E-state index in [1.807, 2.05) is 56.3 Å². The van der Waals surface area contributed by atoms with Gasteiger partial charge in [-0.1, -0.05) is 12.1 Å². The smallest absolute Gasteiger partial charge is 0.229 e. The van der Waals surface area contributed by atoms with Crippen LogP contribution in [0.1, 0.15) is 23.7 Å². The van der Waals surface area contributed by atoms with E-state index >= 15 is 0 Å². The Kier molecular flexibility index (Phi) is 5.37. The maximum Gasteiger partial charge on any atom is 0.229 e. The van der Waals surface area contributed by atoms with Crippen LogP contribution in [0.4, 0.5) is 23.1 Å². The highest BCUT2D eigenvalue weighted by molar-refractivity contribution is 5.63. The van der Waals surface area contributed by atoms with Crippen LogP contribution in [0.15, 0.2) is 48.5 Å². The summed E-state index contributed by atoms with van der Waals surface area (Å²) >= 11 is 0. The van der Waals surface area contributed by atoms with Crippen LogP contribution in [-0.2, 0) is 0 Å². The molecule has 1 heterocycles. The van der Waals surface area contributed by atoms with Gasteiger partial charge < -0.3 is 15.4 Å². The molecule has 0 amide bonds. The Hall–Kier alpha value is -3.08. The zero-order valence-corrected chi connectivity index (χ0v) is 15.6. The molecule has 0 aliphatic rings. The Bertz CT molecular complexity index is 891. The second-order valence-electron chi connectivity index (χ2n) is 6.17. The Labute approximate surface area is 154 Å². The predicted octanol–water partition coefficient (Wildman–Crippen LogP) is 5.29. The van der Waals surface area contributed by atoms with E-state index in [2.05, 4.69) is 40.5 Å². The Morgan fingerprint density at radius 2 is 1.69 bits per heavy atom. The third kappa shape index (κ3) is 4.30. The van der Waals surface area contributed by atoms with Gasteiger partial charge in [0.25, 0.3) is 0 Å². The molecule has 3 aromatic rings. The van der Waals surface area contributed by atoms with E-state index in [1.165, 1.54) is 11.1 Å². The van der Waals surface area contributed by atoms with Gasteiger partial charge in [0, 0.05) is 23.1 Å². The van der Waals surface area contributed by atoms with E-state index in [1.54, 1.807) is 0 Å². The van der Waals surface area contributed by atoms with Crippen molar-refractivity contribution in [2.24, 2.45) is 0 Å². The molecule has 2 N–H and O–H groups in total. The summed E-state index contributed by atoms with van der Waals surface area (Å²) < 4.78 is 5.47. The first kappa shape index (κ1) is 17.7. The van der Waals surface area contributed by atoms with Gasteiger partial charge in [0.1, 0.15) is 11.6 Å². The molecule has 5 nitrogen and oxygen atoms in total. The standard InChI is InChI=1S/C21H24N4O/c1-5-26-18-11-9-17(10-12-18)23-20-13-15(3)22-21(25-20)24-19-8-6-7-14(2)16(19)4/h6-13H,5H2,1-4H3,(H2,22,23,24,25). The maximum absolute atomic E-state index is 5.47. The highest BCUT2D eigenvalue weighted by Crippen LogP contribution is 2.24. The van der Waals surface area contributed by atoms with E-state index in [9.17, 15) is 0 Å². The van der Waals surface area contributed by atoms with Gasteiger partial charge in [-0.2, -0.15) is 4.98 Å². The van der Waals surface area contributed by atoms with E-state index in [0.29, 0.717) is 12.6 Å². The molecule has 134 valence electrons. The lowest BCUT2D eigenvalue weighted by atomic mass is 10.1. The van der Waals surface area contributed by atoms with Crippen LogP contribution in [0.3, 0.4) is 0 Å². The van der Waals surface area contributed by atoms with Crippen molar-refractivity contribution in [3.63, 3.8) is 0 Å². The van der Waals surface area contributed by atoms with Crippen molar-refractivity contribution >= 4 is 23.1 Å². The molecular formula is C21H24N4O. The molecule has 0 fully saturated rings. The third-order valence-corrected chi connectivity index (χ3v) is 4.14. The van der Waals surface area contributed by atoms with Gasteiger partial charge in [-0.3, -0.25) is 0 Å². The minimum atomic E-state index is 0.576. The average Bonchev–Trinajstić information content (AvgIpc) is 2.60. The number of rotatable bonds is 6. The second kappa shape index (κ2) is 7.87. The van der Waals surface area contributed by atoms with Gasteiger partial charge in [0.2, 0.25) is 5.95 Å². The molecular weight excluding hydrogens is 324 g/mol. The van der Waals surface area contributed by atoms with Gasteiger partial charge in [-0.05, 0) is 69.2 Å². The predicted molar refractivity (Wildman–Crippen MR) is 107 cm³/mol. The maximum atomic E-state index is 5.47. The fourth-order valence-electron chi connectivity index (χ4n) is 2.64. The van der Waals surface area contributed by atoms with Gasteiger partial charge in [-0.25, -0.2) is 4.98 Å². The summed E-state index contributed by atoms with van der Waals surface area (Å²) in [7, 11) is 0. The van der Waals surface area contributed by atoms with E-state index in [4.69, 9.17) is 4.74 Å². The van der Waals surface area contributed by atoms with Crippen LogP contribution in [-0.4, -0.2) is 16.6 Å². The molecule has 0 radical (unpaired) electrons. The topological polar surface area (TPSA) is 59.1 Å². The van der Waals surface area contributed by atoms with Crippen molar-refractivity contribution in [3.8, 4) is 5.75 Å². The van der Waals surface area contributed by atoms with Gasteiger partial charge in [-0.15, -0.1) is 0 Å². The lowest BCUT2D eigenvalue weighted by molar-refractivity contribution is 0.340. The minimum absolute atomic E-state index is 0.576. The van der Waals surface area contributed by atoms with Gasteiger partial charge >= 0.3 is 0 Å². The van der Waals surface area contributed by atoms with Gasteiger partial charge in [0.05, 0.1) is 6.61 Å². The summed E-state index contributed by atoms with van der Waals surface area (Å²) in [5.74, 6) is 2.18. The highest BCUT2D eigenvalue weighted by Gasteiger charge is 2.06. The van der Waals surface area contributed by atoms with Gasteiger partial charge in [0.15, 0.2) is 0 Å². The summed E-state index contributed by atoms with van der Waals surface area (Å²) in [6.45, 7) is 8.77. The summed E-state index contributed by atoms with van der Waals surface area (Å²) in [6.07, 6.45) is 0. The number of nitrogens with one attached hydrogen (secondary N) is 2. The van der Waals surface area contributed by atoms with Crippen molar-refractivity contribution in [2.75, 3.05) is 17.2 Å². The van der Waals surface area contributed by atoms with E-state index in [0.717, 1.165) is 28.6 Å². The largest absolute Gasteiger partial charge is 0.494 e. The normalized spacial score (nSPS) is 10.5. The Morgan fingerprint density at radius 1 is 0.923 bits per heavy atom. The van der Waals surface area contributed by atoms with Crippen LogP contribution in [0.2, 0.25) is 0 Å². The number of aryl methyl sites for hydroxylation is 2. The third-order valence-electron chi connectivity index (χ3n) is 4.14. The zero-order chi connectivity index (χ0) is 18.5. The number of aromatic nitrogens is 2. The molecule has 2 aromatic carbocycles. The quantitative estimate of drug-likeness (QED) is 0.634. The SMILES string of the molecule is CCOc1ccc(Nc2cc(C)nc(Nc3cccc(C)c3C)n2)cc1. The number of hydrogen-bond acceptors (Lipinski definition) is 5. The number of hydrogen-bond donors (Lipinski definition) is 2. The molecule has 3 rings (SSSR count). The number of ether oxygens (including phenoxy) is 1. The first-order valence-corrected chi connectivity index (χ1v) is 8.74. The molecule has 0 aliphatic carbocycles. The number of nitrogens with zero attached hydrogens (tertiary/aromatic N) is 2. The fourth-order valence-corrected chi connectivity index (χ4v) is 2.64. The molecule has 0 saturated carbocycles. The molecule has 1 aromatic heterocycles. The number of anilines is 4. The lowest BCUT2D eigenvalue weighted by Crippen LogP contribution is -2.03. The number of benzene rings is 2. The van der Waals surface area contributed by atoms with Crippen molar-refractivity contribution in [1.29, 1.82) is 0 Å². The molecule has 26 heavy (non-hydrogen) atoms. The summed E-state index contributed by atoms with van der Waals surface area (Å²) in [5, 5.41) is 6.64. The lowest BCUT2D eigenvalue weighted by Gasteiger charge is -2.13. The van der Waals surface area contributed by atoms with Crippen LogP contribution in [0.25, 0.3) is 0 Å². The van der Waals surface area contributed by atoms with Crippen molar-refractivity contribution in [1.82, 2.24) is 9.97 Å². The average molecular weight is 348 g/mol. The van der Waals surface area contributed by atoms with Crippen molar-refractivity contribution < 1.29 is 4.74 Å². The minimum Gasteiger partial charge on any atom is -0.494 e. The monoisotopic (exact) mass is 348 g/mol. The molecule has 0 saturated heterocycles. The molecule has 0 bridgehead atoms. The van der Waals surface area contributed by atoms with Crippen LogP contribution >= 0.6 is 0 Å². The van der Waals surface area contributed by atoms with Crippen LogP contribution in [0, 0.1) is 20.8 Å². The summed E-state index contributed by atoms with van der Waals surface area (Å²) in [6, 6.07) is 15.9. The van der Waals surface area contributed by atoms with E-state index < -0.39 is 0 Å². The van der Waals surface area contributed by atoms with Crippen LogP contribution < -0.4 is 15.4 Å². The summed E-state index contributed by atoms with van der Waals surface area (Å²) in [4.78, 5) is 9.09. The Morgan fingerprint density at radius 3 is 2.42 bits per heavy atom. The molecule has 0 atom stereocenters. The van der Waals surface area contributed by atoms with Crippen LogP contribution in [0.5, 0.6) is 5.75 Å². The first-order chi connectivity index (χ1) is 12.5. The molecule has 0 spiro atoms. The first-order valence-electron chi connectivity index (χ1n) is 8.74. The Balaban J connectivity index is 1.80. The second-order valence-corrected chi connectivity index (χ2v) is 6.17. The van der Waals surface area contributed by atoms with E-state index in [-0.39, 0.29) is 0 Å². The molecule has 5 heteroatoms. The molecule has 0 aliphatic heterocycles. The zero-order valence-electron chi connectivity index (χ0n) is 15.6. The van der Waals surface area contributed by atoms with Crippen molar-refractivity contribution in [2.45, 2.75) is 27.7 Å².